The zero-order valence-electron chi connectivity index (χ0n) is 17.2. The molecule has 1 fully saturated rings. The monoisotopic (exact) mass is 437 g/mol. The molecule has 1 saturated carbocycles. The summed E-state index contributed by atoms with van der Waals surface area (Å²) in [6.07, 6.45) is 0.927. The highest BCUT2D eigenvalue weighted by molar-refractivity contribution is 5.80. The van der Waals surface area contributed by atoms with Gasteiger partial charge in [-0.05, 0) is 43.2 Å². The van der Waals surface area contributed by atoms with Crippen LogP contribution in [0.2, 0.25) is 0 Å². The summed E-state index contributed by atoms with van der Waals surface area (Å²) in [5.74, 6) is -4.21. The maximum atomic E-state index is 13.5. The minimum absolute atomic E-state index is 0.0570. The number of ether oxygens (including phenoxy) is 2. The molecule has 0 aliphatic heterocycles. The first-order valence-electron chi connectivity index (χ1n) is 9.81. The predicted octanol–water partition coefficient (Wildman–Crippen LogP) is 5.80. The number of aromatic amines is 1. The molecule has 1 aromatic heterocycles. The van der Waals surface area contributed by atoms with Crippen molar-refractivity contribution < 1.29 is 27.0 Å². The third-order valence-corrected chi connectivity index (χ3v) is 5.27. The van der Waals surface area contributed by atoms with Crippen molar-refractivity contribution in [1.82, 2.24) is 4.98 Å². The Balaban J connectivity index is 0.000000229. The van der Waals surface area contributed by atoms with E-state index in [0.29, 0.717) is 35.2 Å². The Morgan fingerprint density at radius 2 is 1.84 bits per heavy atom. The molecule has 31 heavy (non-hydrogen) atoms. The quantitative estimate of drug-likeness (QED) is 0.527. The van der Waals surface area contributed by atoms with Crippen molar-refractivity contribution in [2.45, 2.75) is 37.5 Å². The van der Waals surface area contributed by atoms with E-state index in [-0.39, 0.29) is 29.9 Å². The van der Waals surface area contributed by atoms with E-state index in [1.54, 1.807) is 18.2 Å². The number of hydrogen-bond donors (Lipinski definition) is 1. The number of methoxy groups -OCH3 is 2. The fraction of sp³-hybridized carbons (Fsp3) is 0.348. The van der Waals surface area contributed by atoms with Crippen molar-refractivity contribution in [2.75, 3.05) is 14.2 Å². The molecule has 4 nitrogen and oxygen atoms in total. The molecule has 1 aliphatic carbocycles. The summed E-state index contributed by atoms with van der Waals surface area (Å²) in [5, 5.41) is 0.515. The van der Waals surface area contributed by atoms with Gasteiger partial charge in [0.15, 0.2) is 17.0 Å². The van der Waals surface area contributed by atoms with Crippen molar-refractivity contribution in [3.63, 3.8) is 0 Å². The Labute approximate surface area is 176 Å². The van der Waals surface area contributed by atoms with E-state index in [1.165, 1.54) is 32.4 Å². The van der Waals surface area contributed by atoms with Gasteiger partial charge in [-0.15, -0.1) is 0 Å². The van der Waals surface area contributed by atoms with E-state index in [0.717, 1.165) is 6.07 Å². The SMILES string of the molecule is COc1ccc2[nH]c(C3CCCC(F)(F)C3)cc(=O)c2c1.COc1cccc(F)c1F. The van der Waals surface area contributed by atoms with Gasteiger partial charge in [-0.2, -0.15) is 4.39 Å². The van der Waals surface area contributed by atoms with Crippen molar-refractivity contribution in [3.05, 3.63) is 70.0 Å². The molecule has 2 aromatic carbocycles. The average molecular weight is 437 g/mol. The third kappa shape index (κ3) is 5.37. The van der Waals surface area contributed by atoms with Gasteiger partial charge in [-0.3, -0.25) is 4.79 Å². The zero-order valence-corrected chi connectivity index (χ0v) is 17.2. The summed E-state index contributed by atoms with van der Waals surface area (Å²) in [6.45, 7) is 0. The molecule has 0 saturated heterocycles. The lowest BCUT2D eigenvalue weighted by Crippen LogP contribution is -2.26. The number of H-pyrrole nitrogens is 1. The molecular weight excluding hydrogens is 414 g/mol. The molecular formula is C23H23F4NO3. The van der Waals surface area contributed by atoms with E-state index < -0.39 is 17.6 Å². The number of benzene rings is 2. The lowest BCUT2D eigenvalue weighted by Gasteiger charge is -2.29. The molecule has 1 atom stereocenters. The number of fused-ring (bicyclic) bond motifs is 1. The van der Waals surface area contributed by atoms with Gasteiger partial charge in [0, 0.05) is 41.4 Å². The Hall–Kier alpha value is -3.03. The second-order valence-electron chi connectivity index (χ2n) is 7.41. The lowest BCUT2D eigenvalue weighted by molar-refractivity contribution is -0.0412. The Morgan fingerprint density at radius 1 is 1.06 bits per heavy atom. The molecule has 1 aliphatic rings. The number of rotatable bonds is 3. The third-order valence-electron chi connectivity index (χ3n) is 5.27. The number of alkyl halides is 2. The van der Waals surface area contributed by atoms with Gasteiger partial charge in [-0.1, -0.05) is 6.07 Å². The highest BCUT2D eigenvalue weighted by Gasteiger charge is 2.37. The second-order valence-corrected chi connectivity index (χ2v) is 7.41. The zero-order chi connectivity index (χ0) is 22.6. The molecule has 3 aromatic rings. The van der Waals surface area contributed by atoms with Crippen molar-refractivity contribution in [3.8, 4) is 11.5 Å². The van der Waals surface area contributed by atoms with E-state index in [4.69, 9.17) is 4.74 Å². The summed E-state index contributed by atoms with van der Waals surface area (Å²) in [5.41, 5.74) is 1.11. The van der Waals surface area contributed by atoms with Crippen LogP contribution in [0.25, 0.3) is 10.9 Å². The standard InChI is InChI=1S/C16H17F2NO2.C7H6F2O/c1-21-11-4-5-13-12(7-11)15(20)8-14(19-13)10-3-2-6-16(17,18)9-10;1-10-6-4-2-3-5(8)7(6)9/h4-5,7-8,10H,2-3,6,9H2,1H3,(H,19,20);2-4H,1H3. The average Bonchev–Trinajstić information content (AvgIpc) is 2.75. The number of hydrogen-bond acceptors (Lipinski definition) is 3. The lowest BCUT2D eigenvalue weighted by atomic mass is 9.84. The van der Waals surface area contributed by atoms with Gasteiger partial charge >= 0.3 is 0 Å². The van der Waals surface area contributed by atoms with Crippen LogP contribution in [-0.4, -0.2) is 25.1 Å². The van der Waals surface area contributed by atoms with Crippen LogP contribution < -0.4 is 14.9 Å². The first-order valence-corrected chi connectivity index (χ1v) is 9.81. The molecule has 1 N–H and O–H groups in total. The Morgan fingerprint density at radius 3 is 2.48 bits per heavy atom. The van der Waals surface area contributed by atoms with Crippen molar-refractivity contribution in [1.29, 1.82) is 0 Å². The number of aromatic nitrogens is 1. The molecule has 0 amide bonds. The van der Waals surface area contributed by atoms with Crippen LogP contribution >= 0.6 is 0 Å². The summed E-state index contributed by atoms with van der Waals surface area (Å²) in [6, 6.07) is 10.4. The molecule has 0 radical (unpaired) electrons. The predicted molar refractivity (Wildman–Crippen MR) is 110 cm³/mol. The van der Waals surface area contributed by atoms with E-state index in [1.807, 2.05) is 0 Å². The minimum atomic E-state index is -2.63. The highest BCUT2D eigenvalue weighted by Crippen LogP contribution is 2.41. The second kappa shape index (κ2) is 9.41. The van der Waals surface area contributed by atoms with Gasteiger partial charge in [-0.25, -0.2) is 13.2 Å². The summed E-state index contributed by atoms with van der Waals surface area (Å²) >= 11 is 0. The van der Waals surface area contributed by atoms with Gasteiger partial charge in [0.2, 0.25) is 11.7 Å². The summed E-state index contributed by atoms with van der Waals surface area (Å²) in [4.78, 5) is 15.3. The number of halogens is 4. The molecule has 166 valence electrons. The fourth-order valence-electron chi connectivity index (χ4n) is 3.67. The smallest absolute Gasteiger partial charge is 0.248 e. The van der Waals surface area contributed by atoms with Crippen LogP contribution in [0.5, 0.6) is 11.5 Å². The van der Waals surface area contributed by atoms with E-state index >= 15 is 0 Å². The molecule has 0 spiro atoms. The van der Waals surface area contributed by atoms with Crippen LogP contribution in [0.1, 0.15) is 37.3 Å². The van der Waals surface area contributed by atoms with Gasteiger partial charge in [0.1, 0.15) is 5.75 Å². The Bertz CT molecular complexity index is 1110. The van der Waals surface area contributed by atoms with Gasteiger partial charge < -0.3 is 14.5 Å². The topological polar surface area (TPSA) is 51.3 Å². The van der Waals surface area contributed by atoms with Crippen molar-refractivity contribution in [2.24, 2.45) is 0 Å². The summed E-state index contributed by atoms with van der Waals surface area (Å²) in [7, 11) is 2.83. The van der Waals surface area contributed by atoms with Crippen LogP contribution in [0.4, 0.5) is 17.6 Å². The van der Waals surface area contributed by atoms with E-state index in [9.17, 15) is 22.4 Å². The molecule has 4 rings (SSSR count). The normalized spacial score (nSPS) is 17.5. The molecule has 0 bridgehead atoms. The Kier molecular flexibility index (Phi) is 6.87. The van der Waals surface area contributed by atoms with Crippen LogP contribution in [0.15, 0.2) is 47.3 Å². The largest absolute Gasteiger partial charge is 0.497 e. The van der Waals surface area contributed by atoms with E-state index in [2.05, 4.69) is 9.72 Å². The van der Waals surface area contributed by atoms with Crippen LogP contribution in [0.3, 0.4) is 0 Å². The van der Waals surface area contributed by atoms with Gasteiger partial charge in [0.05, 0.1) is 14.2 Å². The highest BCUT2D eigenvalue weighted by atomic mass is 19.3. The van der Waals surface area contributed by atoms with Gasteiger partial charge in [0.25, 0.3) is 0 Å². The number of nitrogens with one attached hydrogen (secondary N) is 1. The first-order chi connectivity index (χ1) is 14.7. The molecule has 1 heterocycles. The molecule has 1 unspecified atom stereocenters. The van der Waals surface area contributed by atoms with Crippen LogP contribution in [-0.2, 0) is 0 Å². The maximum Gasteiger partial charge on any atom is 0.248 e. The first kappa shape index (κ1) is 22.7. The minimum Gasteiger partial charge on any atom is -0.497 e. The van der Waals surface area contributed by atoms with Crippen molar-refractivity contribution >= 4 is 10.9 Å². The van der Waals surface area contributed by atoms with Crippen LogP contribution in [0, 0.1) is 11.6 Å². The number of pyridine rings is 1. The summed E-state index contributed by atoms with van der Waals surface area (Å²) < 4.78 is 61.5. The fourth-order valence-corrected chi connectivity index (χ4v) is 3.67. The maximum absolute atomic E-state index is 13.5. The molecule has 8 heteroatoms.